The zero-order valence-corrected chi connectivity index (χ0v) is 24.0. The van der Waals surface area contributed by atoms with E-state index in [0.717, 1.165) is 42.4 Å². The molecule has 0 bridgehead atoms. The summed E-state index contributed by atoms with van der Waals surface area (Å²) in [5.41, 5.74) is 8.28. The van der Waals surface area contributed by atoms with Gasteiger partial charge in [0, 0.05) is 5.41 Å². The van der Waals surface area contributed by atoms with Crippen LogP contribution in [-0.2, 0) is 16.6 Å². The zero-order chi connectivity index (χ0) is 28.3. The first-order chi connectivity index (χ1) is 17.8. The molecule has 2 unspecified atom stereocenters. The molecule has 3 rings (SSSR count). The lowest BCUT2D eigenvalue weighted by Gasteiger charge is -2.34. The van der Waals surface area contributed by atoms with Crippen LogP contribution in [0, 0.1) is 19.3 Å². The fraction of sp³-hybridized carbons (Fsp3) is 0.441. The van der Waals surface area contributed by atoms with Crippen LogP contribution in [0.3, 0.4) is 0 Å². The first-order valence-electron chi connectivity index (χ1n) is 13.7. The van der Waals surface area contributed by atoms with E-state index in [1.807, 2.05) is 6.07 Å². The Labute approximate surface area is 228 Å². The lowest BCUT2D eigenvalue weighted by molar-refractivity contribution is -0.146. The van der Waals surface area contributed by atoms with E-state index in [1.165, 1.54) is 22.3 Å². The lowest BCUT2D eigenvalue weighted by Crippen LogP contribution is -2.27. The largest absolute Gasteiger partial charge is 0.479 e. The fourth-order valence-electron chi connectivity index (χ4n) is 5.54. The van der Waals surface area contributed by atoms with E-state index in [0.29, 0.717) is 5.56 Å². The molecule has 0 radical (unpaired) electrons. The lowest BCUT2D eigenvalue weighted by atomic mass is 9.69. The van der Waals surface area contributed by atoms with E-state index in [2.05, 4.69) is 84.9 Å². The Morgan fingerprint density at radius 3 is 1.97 bits per heavy atom. The summed E-state index contributed by atoms with van der Waals surface area (Å²) >= 11 is 0. The van der Waals surface area contributed by atoms with E-state index < -0.39 is 12.1 Å². The van der Waals surface area contributed by atoms with Crippen molar-refractivity contribution in [3.63, 3.8) is 0 Å². The van der Waals surface area contributed by atoms with Crippen molar-refractivity contribution >= 4 is 5.97 Å². The maximum absolute atomic E-state index is 11.3. The van der Waals surface area contributed by atoms with Gasteiger partial charge in [-0.25, -0.2) is 4.79 Å². The van der Waals surface area contributed by atoms with Gasteiger partial charge in [-0.15, -0.1) is 0 Å². The molecular weight excluding hydrogens is 472 g/mol. The highest BCUT2D eigenvalue weighted by Gasteiger charge is 2.31. The first-order valence-corrected chi connectivity index (χ1v) is 13.7. The smallest absolute Gasteiger partial charge is 0.337 e. The quantitative estimate of drug-likeness (QED) is 0.260. The summed E-state index contributed by atoms with van der Waals surface area (Å²) in [6.45, 7) is 15.0. The van der Waals surface area contributed by atoms with Crippen LogP contribution in [0.5, 0.6) is 0 Å². The molecule has 3 aromatic rings. The minimum atomic E-state index is -1.54. The molecule has 0 spiro atoms. The van der Waals surface area contributed by atoms with Crippen LogP contribution in [0.15, 0.2) is 60.7 Å². The van der Waals surface area contributed by atoms with Crippen molar-refractivity contribution in [3.05, 3.63) is 94.0 Å². The number of aliphatic hydroxyl groups excluding tert-OH is 2. The molecule has 204 valence electrons. The topological polar surface area (TPSA) is 77.8 Å². The van der Waals surface area contributed by atoms with Crippen LogP contribution in [0.2, 0.25) is 0 Å². The number of carboxylic acids is 1. The first kappa shape index (κ1) is 29.6. The molecule has 0 saturated heterocycles. The highest BCUT2D eigenvalue weighted by atomic mass is 16.4. The number of aryl methyl sites for hydroxylation is 3. The summed E-state index contributed by atoms with van der Waals surface area (Å²) in [7, 11) is 0. The van der Waals surface area contributed by atoms with E-state index in [9.17, 15) is 20.1 Å². The second kappa shape index (κ2) is 11.8. The van der Waals surface area contributed by atoms with Gasteiger partial charge in [-0.05, 0) is 95.5 Å². The van der Waals surface area contributed by atoms with Gasteiger partial charge in [0.05, 0.1) is 6.10 Å². The van der Waals surface area contributed by atoms with Gasteiger partial charge < -0.3 is 15.3 Å². The predicted molar refractivity (Wildman–Crippen MR) is 156 cm³/mol. The summed E-state index contributed by atoms with van der Waals surface area (Å²) in [5.74, 6) is -1.25. The maximum Gasteiger partial charge on any atom is 0.337 e. The minimum Gasteiger partial charge on any atom is -0.479 e. The van der Waals surface area contributed by atoms with Gasteiger partial charge in [0.1, 0.15) is 0 Å². The summed E-state index contributed by atoms with van der Waals surface area (Å²) in [4.78, 5) is 11.3. The second-order valence-corrected chi connectivity index (χ2v) is 11.7. The van der Waals surface area contributed by atoms with Gasteiger partial charge >= 0.3 is 5.97 Å². The van der Waals surface area contributed by atoms with Crippen molar-refractivity contribution < 1.29 is 20.1 Å². The van der Waals surface area contributed by atoms with Crippen molar-refractivity contribution in [3.8, 4) is 11.1 Å². The van der Waals surface area contributed by atoms with Gasteiger partial charge in [0.25, 0.3) is 0 Å². The molecule has 0 heterocycles. The number of hydrogen-bond donors (Lipinski definition) is 3. The van der Waals surface area contributed by atoms with Crippen LogP contribution < -0.4 is 0 Å². The summed E-state index contributed by atoms with van der Waals surface area (Å²) < 4.78 is 0. The molecule has 3 N–H and O–H groups in total. The number of carbonyl (C=O) groups is 1. The number of benzene rings is 3. The SMILES string of the molecule is CCC(CC)(c1ccc(CCC(O)C(C)(C)C)c(C)c1)c1ccc(-c2cccc(C(O)C(=O)O)c2)c(C)c1. The monoisotopic (exact) mass is 516 g/mol. The van der Waals surface area contributed by atoms with Crippen LogP contribution >= 0.6 is 0 Å². The average Bonchev–Trinajstić information content (AvgIpc) is 2.88. The minimum absolute atomic E-state index is 0.116. The van der Waals surface area contributed by atoms with Crippen molar-refractivity contribution in [1.82, 2.24) is 0 Å². The highest BCUT2D eigenvalue weighted by molar-refractivity contribution is 5.76. The molecule has 0 aliphatic heterocycles. The molecule has 0 amide bonds. The third-order valence-electron chi connectivity index (χ3n) is 8.32. The molecule has 0 aromatic heterocycles. The predicted octanol–water partition coefficient (Wildman–Crippen LogP) is 7.53. The van der Waals surface area contributed by atoms with Crippen LogP contribution in [-0.4, -0.2) is 27.4 Å². The molecule has 0 saturated carbocycles. The van der Waals surface area contributed by atoms with Gasteiger partial charge in [0.2, 0.25) is 0 Å². The van der Waals surface area contributed by atoms with E-state index >= 15 is 0 Å². The normalized spacial score (nSPS) is 13.8. The Hall–Kier alpha value is -2.95. The van der Waals surface area contributed by atoms with Gasteiger partial charge in [-0.1, -0.05) is 89.2 Å². The van der Waals surface area contributed by atoms with Crippen LogP contribution in [0.1, 0.15) is 93.4 Å². The number of aliphatic hydroxyl groups is 2. The number of rotatable bonds is 10. The third kappa shape index (κ3) is 6.19. The second-order valence-electron chi connectivity index (χ2n) is 11.7. The van der Waals surface area contributed by atoms with Crippen LogP contribution in [0.4, 0.5) is 0 Å². The Morgan fingerprint density at radius 2 is 1.45 bits per heavy atom. The molecule has 0 aliphatic carbocycles. The maximum atomic E-state index is 11.3. The molecule has 38 heavy (non-hydrogen) atoms. The molecule has 3 aromatic carbocycles. The van der Waals surface area contributed by atoms with E-state index in [4.69, 9.17) is 0 Å². The Bertz CT molecular complexity index is 1260. The zero-order valence-electron chi connectivity index (χ0n) is 24.0. The standard InChI is InChI=1S/C34H44O4/c1-8-34(9-2,27-15-13-24(22(3)19-27)14-18-30(35)33(5,6)7)28-16-17-29(23(4)20-28)25-11-10-12-26(21-25)31(36)32(37)38/h10-13,15-17,19-21,30-31,35-36H,8-9,14,18H2,1-7H3,(H,37,38). The molecule has 4 nitrogen and oxygen atoms in total. The Balaban J connectivity index is 1.95. The fourth-order valence-corrected chi connectivity index (χ4v) is 5.54. The Morgan fingerprint density at radius 1 is 0.842 bits per heavy atom. The van der Waals surface area contributed by atoms with Gasteiger partial charge in [-0.2, -0.15) is 0 Å². The molecular formula is C34H44O4. The molecule has 2 atom stereocenters. The van der Waals surface area contributed by atoms with Crippen molar-refractivity contribution in [2.75, 3.05) is 0 Å². The molecule has 0 fully saturated rings. The van der Waals surface area contributed by atoms with Crippen molar-refractivity contribution in [2.24, 2.45) is 5.41 Å². The number of aliphatic carboxylic acids is 1. The van der Waals surface area contributed by atoms with Gasteiger partial charge in [-0.3, -0.25) is 0 Å². The Kier molecular flexibility index (Phi) is 9.22. The summed E-state index contributed by atoms with van der Waals surface area (Å²) in [6, 6.07) is 20.5. The average molecular weight is 517 g/mol. The van der Waals surface area contributed by atoms with Crippen molar-refractivity contribution in [2.45, 2.75) is 91.8 Å². The number of hydrogen-bond acceptors (Lipinski definition) is 3. The number of carboxylic acid groups (broad SMARTS) is 1. The molecule has 0 aliphatic rings. The summed E-state index contributed by atoms with van der Waals surface area (Å²) in [5, 5.41) is 29.7. The van der Waals surface area contributed by atoms with Gasteiger partial charge in [0.15, 0.2) is 6.10 Å². The molecule has 4 heteroatoms. The summed E-state index contributed by atoms with van der Waals surface area (Å²) in [6.07, 6.45) is 1.67. The third-order valence-corrected chi connectivity index (χ3v) is 8.32. The van der Waals surface area contributed by atoms with Crippen LogP contribution in [0.25, 0.3) is 11.1 Å². The van der Waals surface area contributed by atoms with E-state index in [-0.39, 0.29) is 16.9 Å². The van der Waals surface area contributed by atoms with Crippen molar-refractivity contribution in [1.29, 1.82) is 0 Å². The highest BCUT2D eigenvalue weighted by Crippen LogP contribution is 2.41. The van der Waals surface area contributed by atoms with E-state index in [1.54, 1.807) is 18.2 Å².